The van der Waals surface area contributed by atoms with Crippen LogP contribution in [0.2, 0.25) is 0 Å². The van der Waals surface area contributed by atoms with Crippen LogP contribution in [0.25, 0.3) is 0 Å². The van der Waals surface area contributed by atoms with Crippen LogP contribution in [-0.2, 0) is 4.79 Å². The van der Waals surface area contributed by atoms with E-state index in [-0.39, 0.29) is 10.2 Å². The van der Waals surface area contributed by atoms with Crippen LogP contribution < -0.4 is 0 Å². The second-order valence-electron chi connectivity index (χ2n) is 7.00. The molecule has 3 heteroatoms. The average Bonchev–Trinajstić information content (AvgIpc) is 2.25. The summed E-state index contributed by atoms with van der Waals surface area (Å²) >= 11 is 4.78. The molecule has 0 unspecified atom stereocenters. The summed E-state index contributed by atoms with van der Waals surface area (Å²) in [6.07, 6.45) is 12.0. The largest absolute Gasteiger partial charge is 0.481 e. The van der Waals surface area contributed by atoms with E-state index in [1.54, 1.807) is 0 Å². The van der Waals surface area contributed by atoms with E-state index in [1.807, 2.05) is 0 Å². The van der Waals surface area contributed by atoms with Gasteiger partial charge in [0.2, 0.25) is 0 Å². The molecule has 1 aliphatic rings. The minimum Gasteiger partial charge on any atom is -0.481 e. The fourth-order valence-electron chi connectivity index (χ4n) is 3.26. The molecule has 0 aromatic rings. The molecule has 0 amide bonds. The number of carboxylic acids is 1. The molecular weight excluding hydrogens is 256 g/mol. The van der Waals surface area contributed by atoms with E-state index in [2.05, 4.69) is 13.8 Å². The van der Waals surface area contributed by atoms with Gasteiger partial charge in [-0.25, -0.2) is 0 Å². The molecular formula is C16H30O2S. The van der Waals surface area contributed by atoms with E-state index in [0.29, 0.717) is 6.42 Å². The number of rotatable bonds is 2. The van der Waals surface area contributed by atoms with Crippen LogP contribution in [0.1, 0.15) is 84.5 Å². The van der Waals surface area contributed by atoms with E-state index in [9.17, 15) is 4.79 Å². The molecule has 0 radical (unpaired) electrons. The highest BCUT2D eigenvalue weighted by atomic mass is 32.1. The standard InChI is InChI=1S/C16H30O2S/c1-15(13-14(17)18)9-5-3-7-11-16(2,19)12-8-4-6-10-15/h19H,3-13H2,1-2H3,(H,17,18). The lowest BCUT2D eigenvalue weighted by atomic mass is 9.76. The van der Waals surface area contributed by atoms with E-state index < -0.39 is 5.97 Å². The lowest BCUT2D eigenvalue weighted by Gasteiger charge is -2.30. The fourth-order valence-corrected chi connectivity index (χ4v) is 3.58. The molecule has 1 rings (SSSR count). The fraction of sp³-hybridized carbons (Fsp3) is 0.938. The highest BCUT2D eigenvalue weighted by molar-refractivity contribution is 7.81. The quantitative estimate of drug-likeness (QED) is 0.695. The van der Waals surface area contributed by atoms with E-state index in [4.69, 9.17) is 17.7 Å². The van der Waals surface area contributed by atoms with Gasteiger partial charge in [0.25, 0.3) is 0 Å². The highest BCUT2D eigenvalue weighted by Crippen LogP contribution is 2.37. The van der Waals surface area contributed by atoms with Crippen molar-refractivity contribution in [2.75, 3.05) is 0 Å². The summed E-state index contributed by atoms with van der Waals surface area (Å²) in [6, 6.07) is 0. The van der Waals surface area contributed by atoms with E-state index in [0.717, 1.165) is 25.7 Å². The number of thiol groups is 1. The predicted molar refractivity (Wildman–Crippen MR) is 83.9 cm³/mol. The third-order valence-electron chi connectivity index (χ3n) is 4.57. The second-order valence-corrected chi connectivity index (χ2v) is 8.08. The van der Waals surface area contributed by atoms with Gasteiger partial charge in [0.05, 0.1) is 6.42 Å². The van der Waals surface area contributed by atoms with Gasteiger partial charge in [-0.15, -0.1) is 0 Å². The number of aliphatic carboxylic acids is 1. The number of carboxylic acid groups (broad SMARTS) is 1. The Labute approximate surface area is 123 Å². The maximum absolute atomic E-state index is 11.0. The number of carbonyl (C=O) groups is 1. The first kappa shape index (κ1) is 16.9. The summed E-state index contributed by atoms with van der Waals surface area (Å²) in [6.45, 7) is 4.42. The summed E-state index contributed by atoms with van der Waals surface area (Å²) in [4.78, 5) is 11.0. The highest BCUT2D eigenvalue weighted by Gasteiger charge is 2.27. The van der Waals surface area contributed by atoms with Crippen LogP contribution in [0.4, 0.5) is 0 Å². The van der Waals surface area contributed by atoms with Crippen molar-refractivity contribution in [1.29, 1.82) is 0 Å². The zero-order valence-electron chi connectivity index (χ0n) is 12.6. The molecule has 1 aliphatic carbocycles. The number of hydrogen-bond acceptors (Lipinski definition) is 2. The zero-order chi connectivity index (χ0) is 14.4. The molecule has 0 bridgehead atoms. The molecule has 2 nitrogen and oxygen atoms in total. The Balaban J connectivity index is 2.52. The Morgan fingerprint density at radius 1 is 0.947 bits per heavy atom. The maximum Gasteiger partial charge on any atom is 0.303 e. The second kappa shape index (κ2) is 7.56. The SMILES string of the molecule is CC1(S)CCCCCC(C)(CC(=O)O)CCCCC1. The first-order chi connectivity index (χ1) is 8.83. The molecule has 1 fully saturated rings. The Bertz CT molecular complexity index is 270. The first-order valence-corrected chi connectivity index (χ1v) is 8.22. The maximum atomic E-state index is 11.0. The molecule has 0 aliphatic heterocycles. The summed E-state index contributed by atoms with van der Waals surface area (Å²) in [7, 11) is 0. The predicted octanol–water partition coefficient (Wildman–Crippen LogP) is 5.07. The number of hydrogen-bond donors (Lipinski definition) is 2. The van der Waals surface area contributed by atoms with Crippen molar-refractivity contribution in [3.8, 4) is 0 Å². The molecule has 1 saturated carbocycles. The molecule has 0 atom stereocenters. The van der Waals surface area contributed by atoms with Gasteiger partial charge in [-0.1, -0.05) is 52.4 Å². The Kier molecular flexibility index (Phi) is 6.72. The summed E-state index contributed by atoms with van der Waals surface area (Å²) in [5.41, 5.74) is 0.00922. The molecule has 0 saturated heterocycles. The van der Waals surface area contributed by atoms with Crippen molar-refractivity contribution in [2.45, 2.75) is 89.2 Å². The summed E-state index contributed by atoms with van der Waals surface area (Å²) < 4.78 is 0.198. The van der Waals surface area contributed by atoms with Crippen molar-refractivity contribution in [2.24, 2.45) is 5.41 Å². The van der Waals surface area contributed by atoms with Crippen molar-refractivity contribution < 1.29 is 9.90 Å². The van der Waals surface area contributed by atoms with Gasteiger partial charge in [-0.3, -0.25) is 4.79 Å². The van der Waals surface area contributed by atoms with Gasteiger partial charge < -0.3 is 5.11 Å². The average molecular weight is 286 g/mol. The molecule has 0 spiro atoms. The van der Waals surface area contributed by atoms with Crippen LogP contribution in [0, 0.1) is 5.41 Å². The normalized spacial score (nSPS) is 35.1. The third kappa shape index (κ3) is 7.24. The van der Waals surface area contributed by atoms with Crippen molar-refractivity contribution in [3.63, 3.8) is 0 Å². The van der Waals surface area contributed by atoms with Crippen molar-refractivity contribution in [1.82, 2.24) is 0 Å². The lowest BCUT2D eigenvalue weighted by molar-refractivity contribution is -0.139. The van der Waals surface area contributed by atoms with E-state index in [1.165, 1.54) is 38.5 Å². The van der Waals surface area contributed by atoms with Gasteiger partial charge in [0.1, 0.15) is 0 Å². The molecule has 112 valence electrons. The van der Waals surface area contributed by atoms with Gasteiger partial charge in [-0.2, -0.15) is 12.6 Å². The molecule has 1 N–H and O–H groups in total. The van der Waals surface area contributed by atoms with Crippen LogP contribution in [0.5, 0.6) is 0 Å². The van der Waals surface area contributed by atoms with Crippen molar-refractivity contribution in [3.05, 3.63) is 0 Å². The van der Waals surface area contributed by atoms with Gasteiger partial charge >= 0.3 is 5.97 Å². The summed E-state index contributed by atoms with van der Waals surface area (Å²) in [5.74, 6) is -0.641. The monoisotopic (exact) mass is 286 g/mol. The minimum absolute atomic E-state index is 0.00922. The molecule has 19 heavy (non-hydrogen) atoms. The van der Waals surface area contributed by atoms with Crippen LogP contribution in [-0.4, -0.2) is 15.8 Å². The minimum atomic E-state index is -0.641. The topological polar surface area (TPSA) is 37.3 Å². The molecule has 0 aromatic heterocycles. The Morgan fingerprint density at radius 2 is 1.37 bits per heavy atom. The van der Waals surface area contributed by atoms with Gasteiger partial charge in [-0.05, 0) is 31.1 Å². The van der Waals surface area contributed by atoms with Crippen LogP contribution in [0.15, 0.2) is 0 Å². The lowest BCUT2D eigenvalue weighted by Crippen LogP contribution is -2.22. The Morgan fingerprint density at radius 3 is 1.79 bits per heavy atom. The smallest absolute Gasteiger partial charge is 0.303 e. The van der Waals surface area contributed by atoms with E-state index >= 15 is 0 Å². The van der Waals surface area contributed by atoms with Gasteiger partial charge in [0.15, 0.2) is 0 Å². The van der Waals surface area contributed by atoms with Gasteiger partial charge in [0, 0.05) is 4.75 Å². The van der Waals surface area contributed by atoms with Crippen LogP contribution >= 0.6 is 12.6 Å². The first-order valence-electron chi connectivity index (χ1n) is 7.77. The third-order valence-corrected chi connectivity index (χ3v) is 5.02. The Hall–Kier alpha value is -0.180. The summed E-state index contributed by atoms with van der Waals surface area (Å²) in [5, 5.41) is 9.08. The van der Waals surface area contributed by atoms with Crippen LogP contribution in [0.3, 0.4) is 0 Å². The van der Waals surface area contributed by atoms with Crippen molar-refractivity contribution >= 4 is 18.6 Å². The molecule has 0 aromatic carbocycles. The molecule has 0 heterocycles. The zero-order valence-corrected chi connectivity index (χ0v) is 13.5.